The summed E-state index contributed by atoms with van der Waals surface area (Å²) in [5.74, 6) is -2.79. The van der Waals surface area contributed by atoms with E-state index in [9.17, 15) is 13.6 Å². The van der Waals surface area contributed by atoms with Crippen LogP contribution in [0.4, 0.5) is 14.5 Å². The van der Waals surface area contributed by atoms with Gasteiger partial charge in [-0.1, -0.05) is 6.07 Å². The molecule has 2 aromatic carbocycles. The molecule has 2 rings (SSSR count). The van der Waals surface area contributed by atoms with Gasteiger partial charge in [-0.15, -0.1) is 0 Å². The van der Waals surface area contributed by atoms with Gasteiger partial charge >= 0.3 is 0 Å². The number of nitrogens with one attached hydrogen (secondary N) is 1. The lowest BCUT2D eigenvalue weighted by Crippen LogP contribution is -2.14. The molecular weight excluding hydrogens is 320 g/mol. The second kappa shape index (κ2) is 5.36. The summed E-state index contributed by atoms with van der Waals surface area (Å²) in [4.78, 5) is 11.8. The van der Waals surface area contributed by atoms with E-state index in [1.54, 1.807) is 0 Å². The molecule has 3 nitrogen and oxygen atoms in total. The fourth-order valence-corrected chi connectivity index (χ4v) is 1.83. The Hall–Kier alpha value is -1.95. The standard InChI is InChI=1S/C13H8BrF2NO2/c14-9-3-1-2-8(12(9)16)13(19)17-7-4-5-11(18)10(15)6-7/h1-6,18H,(H,17,19). The van der Waals surface area contributed by atoms with Crippen molar-refractivity contribution in [1.82, 2.24) is 0 Å². The minimum absolute atomic E-state index is 0.125. The molecule has 0 atom stereocenters. The van der Waals surface area contributed by atoms with Crippen LogP contribution in [-0.4, -0.2) is 11.0 Å². The van der Waals surface area contributed by atoms with E-state index in [0.717, 1.165) is 12.1 Å². The summed E-state index contributed by atoms with van der Waals surface area (Å²) in [6.45, 7) is 0. The molecule has 0 fully saturated rings. The van der Waals surface area contributed by atoms with Gasteiger partial charge in [-0.3, -0.25) is 4.79 Å². The highest BCUT2D eigenvalue weighted by Gasteiger charge is 2.14. The Morgan fingerprint density at radius 2 is 1.95 bits per heavy atom. The molecule has 0 aromatic heterocycles. The average Bonchev–Trinajstić information content (AvgIpc) is 2.37. The maximum atomic E-state index is 13.7. The third-order valence-corrected chi connectivity index (χ3v) is 3.01. The topological polar surface area (TPSA) is 49.3 Å². The van der Waals surface area contributed by atoms with Crippen molar-refractivity contribution in [2.24, 2.45) is 0 Å². The van der Waals surface area contributed by atoms with Crippen LogP contribution < -0.4 is 5.32 Å². The van der Waals surface area contributed by atoms with Gasteiger partial charge in [0.1, 0.15) is 5.82 Å². The molecule has 0 aliphatic carbocycles. The van der Waals surface area contributed by atoms with Crippen LogP contribution in [0.15, 0.2) is 40.9 Å². The number of anilines is 1. The molecule has 0 saturated carbocycles. The minimum Gasteiger partial charge on any atom is -0.505 e. The molecule has 0 saturated heterocycles. The molecule has 0 unspecified atom stereocenters. The van der Waals surface area contributed by atoms with E-state index in [2.05, 4.69) is 21.2 Å². The number of carbonyl (C=O) groups excluding carboxylic acids is 1. The largest absolute Gasteiger partial charge is 0.505 e. The number of aromatic hydroxyl groups is 1. The molecule has 0 aliphatic rings. The summed E-state index contributed by atoms with van der Waals surface area (Å²) in [6, 6.07) is 7.65. The Balaban J connectivity index is 2.26. The first-order valence-electron chi connectivity index (χ1n) is 5.23. The van der Waals surface area contributed by atoms with Gasteiger partial charge in [-0.2, -0.15) is 0 Å². The van der Waals surface area contributed by atoms with E-state index in [0.29, 0.717) is 0 Å². The Morgan fingerprint density at radius 3 is 2.63 bits per heavy atom. The molecule has 98 valence electrons. The van der Waals surface area contributed by atoms with Crippen LogP contribution >= 0.6 is 15.9 Å². The number of hydrogen-bond donors (Lipinski definition) is 2. The fourth-order valence-electron chi connectivity index (χ4n) is 1.46. The first kappa shape index (κ1) is 13.5. The molecule has 6 heteroatoms. The zero-order valence-electron chi connectivity index (χ0n) is 9.45. The molecule has 2 N–H and O–H groups in total. The van der Waals surface area contributed by atoms with Crippen LogP contribution in [0.3, 0.4) is 0 Å². The van der Waals surface area contributed by atoms with E-state index in [-0.39, 0.29) is 15.7 Å². The monoisotopic (exact) mass is 327 g/mol. The number of carbonyl (C=O) groups is 1. The maximum absolute atomic E-state index is 13.7. The molecule has 0 spiro atoms. The van der Waals surface area contributed by atoms with Crippen LogP contribution in [0.1, 0.15) is 10.4 Å². The van der Waals surface area contributed by atoms with Crippen molar-refractivity contribution in [3.63, 3.8) is 0 Å². The third-order valence-electron chi connectivity index (χ3n) is 2.40. The first-order valence-corrected chi connectivity index (χ1v) is 6.02. The molecule has 0 bridgehead atoms. The van der Waals surface area contributed by atoms with Gasteiger partial charge in [0.15, 0.2) is 11.6 Å². The van der Waals surface area contributed by atoms with Gasteiger partial charge in [0.2, 0.25) is 0 Å². The highest BCUT2D eigenvalue weighted by atomic mass is 79.9. The van der Waals surface area contributed by atoms with Gasteiger partial charge in [-0.05, 0) is 40.2 Å². The summed E-state index contributed by atoms with van der Waals surface area (Å²) >= 11 is 2.97. The minimum atomic E-state index is -0.868. The smallest absolute Gasteiger partial charge is 0.258 e. The number of rotatable bonds is 2. The van der Waals surface area contributed by atoms with E-state index in [1.165, 1.54) is 24.3 Å². The summed E-state index contributed by atoms with van der Waals surface area (Å²) in [6.07, 6.45) is 0. The maximum Gasteiger partial charge on any atom is 0.258 e. The summed E-state index contributed by atoms with van der Waals surface area (Å²) in [5, 5.41) is 11.4. The van der Waals surface area contributed by atoms with Crippen molar-refractivity contribution in [1.29, 1.82) is 0 Å². The first-order chi connectivity index (χ1) is 8.99. The number of halogens is 3. The summed E-state index contributed by atoms with van der Waals surface area (Å²) < 4.78 is 26.9. The predicted molar refractivity (Wildman–Crippen MR) is 70.1 cm³/mol. The van der Waals surface area contributed by atoms with Gasteiger partial charge in [0.05, 0.1) is 10.0 Å². The predicted octanol–water partition coefficient (Wildman–Crippen LogP) is 3.69. The van der Waals surface area contributed by atoms with Crippen molar-refractivity contribution < 1.29 is 18.7 Å². The highest BCUT2D eigenvalue weighted by Crippen LogP contribution is 2.22. The van der Waals surface area contributed by atoms with Gasteiger partial charge < -0.3 is 10.4 Å². The number of phenolic OH excluding ortho intramolecular Hbond substituents is 1. The number of hydrogen-bond acceptors (Lipinski definition) is 2. The lowest BCUT2D eigenvalue weighted by molar-refractivity contribution is 0.102. The second-order valence-corrected chi connectivity index (χ2v) is 4.58. The van der Waals surface area contributed by atoms with Gasteiger partial charge in [-0.25, -0.2) is 8.78 Å². The number of phenols is 1. The van der Waals surface area contributed by atoms with Crippen molar-refractivity contribution in [2.45, 2.75) is 0 Å². The lowest BCUT2D eigenvalue weighted by Gasteiger charge is -2.07. The number of benzene rings is 2. The average molecular weight is 328 g/mol. The molecule has 0 heterocycles. The molecule has 2 aromatic rings. The van der Waals surface area contributed by atoms with Crippen molar-refractivity contribution in [3.05, 3.63) is 58.1 Å². The second-order valence-electron chi connectivity index (χ2n) is 3.72. The van der Waals surface area contributed by atoms with Crippen LogP contribution in [0.25, 0.3) is 0 Å². The van der Waals surface area contributed by atoms with Crippen LogP contribution in [0.2, 0.25) is 0 Å². The zero-order chi connectivity index (χ0) is 14.0. The zero-order valence-corrected chi connectivity index (χ0v) is 11.0. The summed E-state index contributed by atoms with van der Waals surface area (Å²) in [5.41, 5.74) is -0.0393. The molecular formula is C13H8BrF2NO2. The Morgan fingerprint density at radius 1 is 1.21 bits per heavy atom. The van der Waals surface area contributed by atoms with Crippen molar-refractivity contribution >= 4 is 27.5 Å². The Labute approximate surface area is 116 Å². The van der Waals surface area contributed by atoms with E-state index < -0.39 is 23.3 Å². The molecule has 0 aliphatic heterocycles. The van der Waals surface area contributed by atoms with Gasteiger partial charge in [0, 0.05) is 11.8 Å². The highest BCUT2D eigenvalue weighted by molar-refractivity contribution is 9.10. The van der Waals surface area contributed by atoms with E-state index in [1.807, 2.05) is 0 Å². The van der Waals surface area contributed by atoms with Crippen molar-refractivity contribution in [3.8, 4) is 5.75 Å². The SMILES string of the molecule is O=C(Nc1ccc(O)c(F)c1)c1cccc(Br)c1F. The van der Waals surface area contributed by atoms with Crippen LogP contribution in [0, 0.1) is 11.6 Å². The Bertz CT molecular complexity index is 647. The van der Waals surface area contributed by atoms with Gasteiger partial charge in [0.25, 0.3) is 5.91 Å². The lowest BCUT2D eigenvalue weighted by atomic mass is 10.2. The third kappa shape index (κ3) is 2.90. The summed E-state index contributed by atoms with van der Waals surface area (Å²) in [7, 11) is 0. The van der Waals surface area contributed by atoms with E-state index in [4.69, 9.17) is 5.11 Å². The van der Waals surface area contributed by atoms with E-state index >= 15 is 0 Å². The quantitative estimate of drug-likeness (QED) is 0.826. The van der Waals surface area contributed by atoms with Crippen LogP contribution in [-0.2, 0) is 0 Å². The Kier molecular flexibility index (Phi) is 3.80. The molecule has 1 amide bonds. The fraction of sp³-hybridized carbons (Fsp3) is 0. The molecule has 0 radical (unpaired) electrons. The molecule has 19 heavy (non-hydrogen) atoms. The number of amides is 1. The normalized spacial score (nSPS) is 10.3. The van der Waals surface area contributed by atoms with Crippen LogP contribution in [0.5, 0.6) is 5.75 Å². The van der Waals surface area contributed by atoms with Crippen molar-refractivity contribution in [2.75, 3.05) is 5.32 Å².